The smallest absolute Gasteiger partial charge is 0.130 e. The Hall–Kier alpha value is -1.48. The Kier molecular flexibility index (Phi) is 2.64. The summed E-state index contributed by atoms with van der Waals surface area (Å²) in [5.41, 5.74) is 3.61. The molecule has 0 aliphatic carbocycles. The van der Waals surface area contributed by atoms with Crippen LogP contribution in [0.2, 0.25) is 5.15 Å². The van der Waals surface area contributed by atoms with Crippen LogP contribution in [-0.2, 0) is 7.05 Å². The monoisotopic (exact) mass is 236 g/mol. The minimum absolute atomic E-state index is 0.295. The molecule has 0 spiro atoms. The number of rotatable bonds is 1. The molecule has 0 fully saturated rings. The van der Waals surface area contributed by atoms with Crippen molar-refractivity contribution in [3.8, 4) is 17.0 Å². The Labute approximate surface area is 99.3 Å². The van der Waals surface area contributed by atoms with Gasteiger partial charge in [0.2, 0.25) is 0 Å². The molecule has 0 radical (unpaired) electrons. The third-order valence-electron chi connectivity index (χ3n) is 2.67. The van der Waals surface area contributed by atoms with Crippen molar-refractivity contribution >= 4 is 11.6 Å². The molecule has 2 rings (SSSR count). The van der Waals surface area contributed by atoms with Gasteiger partial charge in [-0.05, 0) is 37.6 Å². The molecule has 4 heteroatoms. The molecule has 3 nitrogen and oxygen atoms in total. The molecule has 1 aromatic carbocycles. The maximum Gasteiger partial charge on any atom is 0.130 e. The van der Waals surface area contributed by atoms with Crippen molar-refractivity contribution in [3.63, 3.8) is 0 Å². The molecule has 0 amide bonds. The standard InChI is InChI=1S/C12H13ClN2O/c1-7-6-9(4-5-10(7)16)11-8(2)12(13)15(3)14-11/h4-6,16H,1-3H3. The summed E-state index contributed by atoms with van der Waals surface area (Å²) in [5.74, 6) is 0.295. The Morgan fingerprint density at radius 3 is 2.50 bits per heavy atom. The summed E-state index contributed by atoms with van der Waals surface area (Å²) in [5, 5.41) is 14.5. The Morgan fingerprint density at radius 2 is 2.00 bits per heavy atom. The van der Waals surface area contributed by atoms with Crippen LogP contribution in [0.3, 0.4) is 0 Å². The third-order valence-corrected chi connectivity index (χ3v) is 3.20. The lowest BCUT2D eigenvalue weighted by Gasteiger charge is -2.02. The van der Waals surface area contributed by atoms with Gasteiger partial charge in [-0.15, -0.1) is 0 Å². The SMILES string of the molecule is Cc1cc(-c2nn(C)c(Cl)c2C)ccc1O. The van der Waals surface area contributed by atoms with Crippen molar-refractivity contribution in [1.82, 2.24) is 9.78 Å². The molecule has 0 unspecified atom stereocenters. The van der Waals surface area contributed by atoms with Crippen LogP contribution in [0.25, 0.3) is 11.3 Å². The van der Waals surface area contributed by atoms with E-state index in [0.717, 1.165) is 22.4 Å². The molecule has 0 saturated heterocycles. The zero-order chi connectivity index (χ0) is 11.9. The van der Waals surface area contributed by atoms with Gasteiger partial charge in [-0.25, -0.2) is 0 Å². The molecule has 1 N–H and O–H groups in total. The highest BCUT2D eigenvalue weighted by Gasteiger charge is 2.12. The van der Waals surface area contributed by atoms with Crippen molar-refractivity contribution in [3.05, 3.63) is 34.5 Å². The summed E-state index contributed by atoms with van der Waals surface area (Å²) >= 11 is 6.07. The summed E-state index contributed by atoms with van der Waals surface area (Å²) in [6, 6.07) is 5.42. The van der Waals surface area contributed by atoms with Crippen molar-refractivity contribution in [2.45, 2.75) is 13.8 Å². The van der Waals surface area contributed by atoms with E-state index in [1.54, 1.807) is 10.7 Å². The first-order chi connectivity index (χ1) is 7.50. The summed E-state index contributed by atoms with van der Waals surface area (Å²) < 4.78 is 1.65. The van der Waals surface area contributed by atoms with Crippen molar-refractivity contribution in [1.29, 1.82) is 0 Å². The van der Waals surface area contributed by atoms with Gasteiger partial charge in [0.05, 0.1) is 5.69 Å². The first kappa shape index (κ1) is 11.0. The highest BCUT2D eigenvalue weighted by molar-refractivity contribution is 6.30. The van der Waals surface area contributed by atoms with E-state index in [-0.39, 0.29) is 0 Å². The summed E-state index contributed by atoms with van der Waals surface area (Å²) in [6.07, 6.45) is 0. The molecule has 0 aliphatic heterocycles. The lowest BCUT2D eigenvalue weighted by Crippen LogP contribution is -1.89. The number of hydrogen-bond acceptors (Lipinski definition) is 2. The number of aryl methyl sites for hydroxylation is 2. The first-order valence-corrected chi connectivity index (χ1v) is 5.37. The van der Waals surface area contributed by atoms with E-state index in [4.69, 9.17) is 11.6 Å². The highest BCUT2D eigenvalue weighted by atomic mass is 35.5. The molecule has 1 aromatic heterocycles. The summed E-state index contributed by atoms with van der Waals surface area (Å²) in [7, 11) is 1.81. The molecule has 0 aliphatic rings. The molecular formula is C12H13ClN2O. The number of nitrogens with zero attached hydrogens (tertiary/aromatic N) is 2. The Morgan fingerprint density at radius 1 is 1.31 bits per heavy atom. The van der Waals surface area contributed by atoms with Crippen LogP contribution < -0.4 is 0 Å². The van der Waals surface area contributed by atoms with E-state index in [9.17, 15) is 5.11 Å². The Bertz CT molecular complexity index is 546. The number of halogens is 1. The topological polar surface area (TPSA) is 38.0 Å². The van der Waals surface area contributed by atoms with Gasteiger partial charge in [0, 0.05) is 18.2 Å². The van der Waals surface area contributed by atoms with Crippen LogP contribution in [0, 0.1) is 13.8 Å². The van der Waals surface area contributed by atoms with Crippen molar-refractivity contribution in [2.24, 2.45) is 7.05 Å². The van der Waals surface area contributed by atoms with Crippen LogP contribution in [0.5, 0.6) is 5.75 Å². The second-order valence-corrected chi connectivity index (χ2v) is 4.25. The number of hydrogen-bond donors (Lipinski definition) is 1. The number of phenolic OH excluding ortho intramolecular Hbond substituents is 1. The van der Waals surface area contributed by atoms with Crippen molar-refractivity contribution < 1.29 is 5.11 Å². The average molecular weight is 237 g/mol. The number of aromatic nitrogens is 2. The number of aromatic hydroxyl groups is 1. The van der Waals surface area contributed by atoms with Crippen molar-refractivity contribution in [2.75, 3.05) is 0 Å². The van der Waals surface area contributed by atoms with Crippen LogP contribution in [0.1, 0.15) is 11.1 Å². The largest absolute Gasteiger partial charge is 0.508 e. The maximum atomic E-state index is 9.47. The number of phenols is 1. The lowest BCUT2D eigenvalue weighted by molar-refractivity contribution is 0.471. The maximum absolute atomic E-state index is 9.47. The third kappa shape index (κ3) is 1.67. The van der Waals surface area contributed by atoms with E-state index in [2.05, 4.69) is 5.10 Å². The van der Waals surface area contributed by atoms with E-state index < -0.39 is 0 Å². The Balaban J connectivity index is 2.59. The molecule has 2 aromatic rings. The normalized spacial score (nSPS) is 10.8. The van der Waals surface area contributed by atoms with Gasteiger partial charge >= 0.3 is 0 Å². The molecule has 16 heavy (non-hydrogen) atoms. The predicted molar refractivity (Wildman–Crippen MR) is 64.8 cm³/mol. The van der Waals surface area contributed by atoms with Gasteiger partial charge < -0.3 is 5.11 Å². The van der Waals surface area contributed by atoms with Gasteiger partial charge in [0.15, 0.2) is 0 Å². The molecule has 0 saturated carbocycles. The van der Waals surface area contributed by atoms with Crippen LogP contribution in [0.4, 0.5) is 0 Å². The molecule has 1 heterocycles. The van der Waals surface area contributed by atoms with Gasteiger partial charge in [-0.2, -0.15) is 5.10 Å². The van der Waals surface area contributed by atoms with E-state index in [1.807, 2.05) is 33.0 Å². The zero-order valence-electron chi connectivity index (χ0n) is 9.45. The molecular weight excluding hydrogens is 224 g/mol. The van der Waals surface area contributed by atoms with Crippen LogP contribution in [0.15, 0.2) is 18.2 Å². The average Bonchev–Trinajstić information content (AvgIpc) is 2.50. The van der Waals surface area contributed by atoms with Gasteiger partial charge in [0.25, 0.3) is 0 Å². The predicted octanol–water partition coefficient (Wildman–Crippen LogP) is 3.06. The highest BCUT2D eigenvalue weighted by Crippen LogP contribution is 2.29. The zero-order valence-corrected chi connectivity index (χ0v) is 10.2. The molecule has 84 valence electrons. The number of benzene rings is 1. The van der Waals surface area contributed by atoms with Gasteiger partial charge in [0.1, 0.15) is 10.9 Å². The second-order valence-electron chi connectivity index (χ2n) is 3.89. The summed E-state index contributed by atoms with van der Waals surface area (Å²) in [4.78, 5) is 0. The first-order valence-electron chi connectivity index (χ1n) is 5.00. The fourth-order valence-electron chi connectivity index (χ4n) is 1.69. The quantitative estimate of drug-likeness (QED) is 0.827. The molecule has 0 atom stereocenters. The van der Waals surface area contributed by atoms with Crippen LogP contribution >= 0.6 is 11.6 Å². The van der Waals surface area contributed by atoms with Gasteiger partial charge in [-0.1, -0.05) is 11.6 Å². The van der Waals surface area contributed by atoms with E-state index in [0.29, 0.717) is 10.9 Å². The minimum Gasteiger partial charge on any atom is -0.508 e. The van der Waals surface area contributed by atoms with Crippen LogP contribution in [-0.4, -0.2) is 14.9 Å². The van der Waals surface area contributed by atoms with E-state index >= 15 is 0 Å². The second kappa shape index (κ2) is 3.83. The van der Waals surface area contributed by atoms with Gasteiger partial charge in [-0.3, -0.25) is 4.68 Å². The summed E-state index contributed by atoms with van der Waals surface area (Å²) in [6.45, 7) is 3.80. The minimum atomic E-state index is 0.295. The fraction of sp³-hybridized carbons (Fsp3) is 0.250. The lowest BCUT2D eigenvalue weighted by atomic mass is 10.1. The molecule has 0 bridgehead atoms. The fourth-order valence-corrected chi connectivity index (χ4v) is 1.81. The van der Waals surface area contributed by atoms with E-state index in [1.165, 1.54) is 0 Å².